The second kappa shape index (κ2) is 5.00. The zero-order chi connectivity index (χ0) is 12.2. The molecule has 0 aliphatic rings. The summed E-state index contributed by atoms with van der Waals surface area (Å²) in [5.74, 6) is 3.71. The summed E-state index contributed by atoms with van der Waals surface area (Å²) < 4.78 is 5.12. The van der Waals surface area contributed by atoms with Crippen LogP contribution >= 0.6 is 0 Å². The third kappa shape index (κ3) is 3.56. The minimum absolute atomic E-state index is 0.557. The zero-order valence-corrected chi connectivity index (χ0v) is 11.1. The SMILES string of the molecule is COc1cc(C#C[Si](C)(C)C)ccc1C=O. The van der Waals surface area contributed by atoms with Gasteiger partial charge in [0.15, 0.2) is 6.29 Å². The second-order valence-electron chi connectivity index (χ2n) is 4.57. The van der Waals surface area contributed by atoms with Crippen LogP contribution in [0.25, 0.3) is 0 Å². The summed E-state index contributed by atoms with van der Waals surface area (Å²) in [5.41, 5.74) is 4.72. The van der Waals surface area contributed by atoms with E-state index in [-0.39, 0.29) is 0 Å². The van der Waals surface area contributed by atoms with Crippen LogP contribution in [0.15, 0.2) is 18.2 Å². The zero-order valence-electron chi connectivity index (χ0n) is 10.1. The normalized spacial score (nSPS) is 10.2. The van der Waals surface area contributed by atoms with Crippen LogP contribution in [0.1, 0.15) is 15.9 Å². The summed E-state index contributed by atoms with van der Waals surface area (Å²) in [4.78, 5) is 10.7. The maximum absolute atomic E-state index is 10.7. The maximum atomic E-state index is 10.7. The van der Waals surface area contributed by atoms with Crippen LogP contribution in [0.4, 0.5) is 0 Å². The molecule has 0 saturated carbocycles. The standard InChI is InChI=1S/C13H16O2Si/c1-15-13-9-11(5-6-12(13)10-14)7-8-16(2,3)4/h5-6,9-10H,1-4H3. The molecule has 0 atom stereocenters. The van der Waals surface area contributed by atoms with Crippen molar-refractivity contribution in [3.05, 3.63) is 29.3 Å². The minimum Gasteiger partial charge on any atom is -0.496 e. The van der Waals surface area contributed by atoms with Gasteiger partial charge in [-0.2, -0.15) is 0 Å². The molecule has 1 aromatic rings. The molecular weight excluding hydrogens is 216 g/mol. The van der Waals surface area contributed by atoms with E-state index in [4.69, 9.17) is 4.74 Å². The number of methoxy groups -OCH3 is 1. The lowest BCUT2D eigenvalue weighted by Crippen LogP contribution is -2.16. The fraction of sp³-hybridized carbons (Fsp3) is 0.308. The Morgan fingerprint density at radius 2 is 2.00 bits per heavy atom. The topological polar surface area (TPSA) is 26.3 Å². The molecule has 0 spiro atoms. The molecule has 0 saturated heterocycles. The fourth-order valence-electron chi connectivity index (χ4n) is 1.15. The molecular formula is C13H16O2Si. The molecule has 2 nitrogen and oxygen atoms in total. The minimum atomic E-state index is -1.36. The molecule has 0 N–H and O–H groups in total. The number of benzene rings is 1. The molecule has 0 unspecified atom stereocenters. The van der Waals surface area contributed by atoms with E-state index in [2.05, 4.69) is 31.1 Å². The number of carbonyl (C=O) groups is 1. The van der Waals surface area contributed by atoms with Gasteiger partial charge in [0.05, 0.1) is 12.7 Å². The summed E-state index contributed by atoms with van der Waals surface area (Å²) in [7, 11) is 0.193. The lowest BCUT2D eigenvalue weighted by Gasteiger charge is -2.05. The van der Waals surface area contributed by atoms with Crippen LogP contribution < -0.4 is 4.74 Å². The van der Waals surface area contributed by atoms with Crippen molar-refractivity contribution in [1.29, 1.82) is 0 Å². The van der Waals surface area contributed by atoms with Gasteiger partial charge in [-0.15, -0.1) is 5.54 Å². The molecule has 0 heterocycles. The number of carbonyl (C=O) groups excluding carboxylic acids is 1. The van der Waals surface area contributed by atoms with E-state index in [1.54, 1.807) is 19.2 Å². The van der Waals surface area contributed by atoms with Crippen molar-refractivity contribution < 1.29 is 9.53 Å². The van der Waals surface area contributed by atoms with Crippen LogP contribution in [-0.4, -0.2) is 21.5 Å². The first-order valence-corrected chi connectivity index (χ1v) is 8.62. The number of hydrogen-bond donors (Lipinski definition) is 0. The summed E-state index contributed by atoms with van der Waals surface area (Å²) >= 11 is 0. The van der Waals surface area contributed by atoms with Gasteiger partial charge < -0.3 is 4.74 Å². The monoisotopic (exact) mass is 232 g/mol. The van der Waals surface area contributed by atoms with Crippen molar-refractivity contribution in [2.75, 3.05) is 7.11 Å². The molecule has 84 valence electrons. The number of aldehydes is 1. The van der Waals surface area contributed by atoms with E-state index in [0.29, 0.717) is 11.3 Å². The lowest BCUT2D eigenvalue weighted by atomic mass is 10.1. The van der Waals surface area contributed by atoms with Gasteiger partial charge in [0, 0.05) is 5.56 Å². The molecule has 0 aliphatic carbocycles. The third-order valence-electron chi connectivity index (χ3n) is 1.94. The molecule has 3 heteroatoms. The first-order valence-electron chi connectivity index (χ1n) is 5.12. The molecule has 0 aliphatic heterocycles. The summed E-state index contributed by atoms with van der Waals surface area (Å²) in [5, 5.41) is 0. The number of ether oxygens (including phenoxy) is 1. The summed E-state index contributed by atoms with van der Waals surface area (Å²) in [6.45, 7) is 6.57. The van der Waals surface area contributed by atoms with Gasteiger partial charge in [0.25, 0.3) is 0 Å². The van der Waals surface area contributed by atoms with Gasteiger partial charge in [-0.3, -0.25) is 4.79 Å². The highest BCUT2D eigenvalue weighted by molar-refractivity contribution is 6.83. The van der Waals surface area contributed by atoms with Crippen LogP contribution in [0.5, 0.6) is 5.75 Å². The molecule has 0 aromatic heterocycles. The fourth-order valence-corrected chi connectivity index (χ4v) is 1.67. The molecule has 0 bridgehead atoms. The molecule has 0 fully saturated rings. The number of hydrogen-bond acceptors (Lipinski definition) is 2. The molecule has 0 amide bonds. The van der Waals surface area contributed by atoms with E-state index in [9.17, 15) is 4.79 Å². The first-order chi connectivity index (χ1) is 7.46. The average molecular weight is 232 g/mol. The van der Waals surface area contributed by atoms with Crippen molar-refractivity contribution in [3.63, 3.8) is 0 Å². The van der Waals surface area contributed by atoms with Gasteiger partial charge in [-0.1, -0.05) is 25.6 Å². The second-order valence-corrected chi connectivity index (χ2v) is 9.32. The van der Waals surface area contributed by atoms with Crippen LogP contribution in [0.2, 0.25) is 19.6 Å². The predicted octanol–water partition coefficient (Wildman–Crippen LogP) is 2.74. The molecule has 1 aromatic carbocycles. The summed E-state index contributed by atoms with van der Waals surface area (Å²) in [6.07, 6.45) is 0.786. The highest BCUT2D eigenvalue weighted by atomic mass is 28.3. The summed E-state index contributed by atoms with van der Waals surface area (Å²) in [6, 6.07) is 5.39. The quantitative estimate of drug-likeness (QED) is 0.445. The molecule has 1 rings (SSSR count). The van der Waals surface area contributed by atoms with E-state index in [1.807, 2.05) is 6.07 Å². The Kier molecular flexibility index (Phi) is 3.91. The van der Waals surface area contributed by atoms with Gasteiger partial charge in [0.2, 0.25) is 0 Å². The third-order valence-corrected chi connectivity index (χ3v) is 2.82. The van der Waals surface area contributed by atoms with Crippen LogP contribution in [-0.2, 0) is 0 Å². The predicted molar refractivity (Wildman–Crippen MR) is 68.6 cm³/mol. The Labute approximate surface area is 97.6 Å². The largest absolute Gasteiger partial charge is 0.496 e. The Morgan fingerprint density at radius 3 is 2.50 bits per heavy atom. The first kappa shape index (κ1) is 12.5. The number of rotatable bonds is 2. The van der Waals surface area contributed by atoms with Crippen LogP contribution in [0.3, 0.4) is 0 Å². The van der Waals surface area contributed by atoms with Crippen LogP contribution in [0, 0.1) is 11.5 Å². The van der Waals surface area contributed by atoms with Gasteiger partial charge >= 0.3 is 0 Å². The Bertz CT molecular complexity index is 447. The van der Waals surface area contributed by atoms with E-state index < -0.39 is 8.07 Å². The smallest absolute Gasteiger partial charge is 0.153 e. The van der Waals surface area contributed by atoms with Gasteiger partial charge in [-0.25, -0.2) is 0 Å². The Balaban J connectivity index is 3.08. The van der Waals surface area contributed by atoms with E-state index in [0.717, 1.165) is 11.8 Å². The highest BCUT2D eigenvalue weighted by Crippen LogP contribution is 2.17. The van der Waals surface area contributed by atoms with Crippen molar-refractivity contribution in [3.8, 4) is 17.2 Å². The lowest BCUT2D eigenvalue weighted by molar-refractivity contribution is 0.112. The molecule has 16 heavy (non-hydrogen) atoms. The average Bonchev–Trinajstić information content (AvgIpc) is 2.25. The van der Waals surface area contributed by atoms with Crippen molar-refractivity contribution in [2.24, 2.45) is 0 Å². The Morgan fingerprint density at radius 1 is 1.31 bits per heavy atom. The highest BCUT2D eigenvalue weighted by Gasteiger charge is 2.08. The molecule has 0 radical (unpaired) electrons. The Hall–Kier alpha value is -1.53. The maximum Gasteiger partial charge on any atom is 0.153 e. The van der Waals surface area contributed by atoms with Gasteiger partial charge in [0.1, 0.15) is 13.8 Å². The van der Waals surface area contributed by atoms with Crippen molar-refractivity contribution in [2.45, 2.75) is 19.6 Å². The van der Waals surface area contributed by atoms with E-state index >= 15 is 0 Å². The van der Waals surface area contributed by atoms with Gasteiger partial charge in [-0.05, 0) is 18.2 Å². The van der Waals surface area contributed by atoms with Crippen molar-refractivity contribution >= 4 is 14.4 Å². The van der Waals surface area contributed by atoms with E-state index in [1.165, 1.54) is 0 Å². The van der Waals surface area contributed by atoms with Crippen molar-refractivity contribution in [1.82, 2.24) is 0 Å².